The first-order chi connectivity index (χ1) is 9.71. The van der Waals surface area contributed by atoms with E-state index >= 15 is 0 Å². The first kappa shape index (κ1) is 16.7. The zero-order chi connectivity index (χ0) is 16.0. The van der Waals surface area contributed by atoms with Gasteiger partial charge in [-0.3, -0.25) is 14.4 Å². The molecule has 1 rings (SSSR count). The number of hydrogen-bond acceptors (Lipinski definition) is 3. The van der Waals surface area contributed by atoms with Gasteiger partial charge in [0.1, 0.15) is 6.04 Å². The van der Waals surface area contributed by atoms with Crippen molar-refractivity contribution < 1.29 is 19.5 Å². The normalized spacial score (nSPS) is 12.3. The highest BCUT2D eigenvalue weighted by molar-refractivity contribution is 5.97. The Morgan fingerprint density at radius 2 is 1.76 bits per heavy atom. The van der Waals surface area contributed by atoms with E-state index in [-0.39, 0.29) is 12.3 Å². The number of hydrogen-bond donors (Lipinski definition) is 3. The molecule has 3 N–H and O–H groups in total. The summed E-state index contributed by atoms with van der Waals surface area (Å²) in [5.41, 5.74) is -0.420. The van der Waals surface area contributed by atoms with Crippen LogP contribution in [0.3, 0.4) is 0 Å². The SMILES string of the molecule is CC(NC(=O)c1ccccc1)C(=O)NC(C)(C)CC(=O)O. The Morgan fingerprint density at radius 3 is 2.29 bits per heavy atom. The molecule has 1 aromatic rings. The molecule has 0 heterocycles. The van der Waals surface area contributed by atoms with E-state index < -0.39 is 23.5 Å². The van der Waals surface area contributed by atoms with Gasteiger partial charge in [0, 0.05) is 11.1 Å². The molecule has 0 aliphatic heterocycles. The van der Waals surface area contributed by atoms with Crippen molar-refractivity contribution in [3.63, 3.8) is 0 Å². The summed E-state index contributed by atoms with van der Waals surface area (Å²) in [5.74, 6) is -1.78. The second-order valence-corrected chi connectivity index (χ2v) is 5.50. The molecule has 2 amide bonds. The van der Waals surface area contributed by atoms with Gasteiger partial charge in [-0.25, -0.2) is 0 Å². The number of amides is 2. The van der Waals surface area contributed by atoms with Crippen LogP contribution in [0.15, 0.2) is 30.3 Å². The van der Waals surface area contributed by atoms with Crippen LogP contribution in [0.4, 0.5) is 0 Å². The number of rotatable bonds is 6. The Labute approximate surface area is 123 Å². The molecule has 0 radical (unpaired) electrons. The van der Waals surface area contributed by atoms with Crippen LogP contribution >= 0.6 is 0 Å². The van der Waals surface area contributed by atoms with Crippen molar-refractivity contribution in [2.45, 2.75) is 38.8 Å². The monoisotopic (exact) mass is 292 g/mol. The van der Waals surface area contributed by atoms with Gasteiger partial charge in [0.25, 0.3) is 5.91 Å². The maximum absolute atomic E-state index is 12.0. The molecule has 1 unspecified atom stereocenters. The number of carbonyl (C=O) groups excluding carboxylic acids is 2. The fourth-order valence-corrected chi connectivity index (χ4v) is 1.80. The molecule has 0 aliphatic rings. The van der Waals surface area contributed by atoms with Crippen molar-refractivity contribution in [2.75, 3.05) is 0 Å². The summed E-state index contributed by atoms with van der Waals surface area (Å²) in [6.45, 7) is 4.78. The van der Waals surface area contributed by atoms with Crippen molar-refractivity contribution in [1.29, 1.82) is 0 Å². The zero-order valence-electron chi connectivity index (χ0n) is 12.3. The number of carboxylic acids is 1. The predicted molar refractivity (Wildman–Crippen MR) is 77.8 cm³/mol. The average Bonchev–Trinajstić information content (AvgIpc) is 2.37. The summed E-state index contributed by atoms with van der Waals surface area (Å²) in [7, 11) is 0. The molecule has 21 heavy (non-hydrogen) atoms. The lowest BCUT2D eigenvalue weighted by Gasteiger charge is -2.26. The number of nitrogens with one attached hydrogen (secondary N) is 2. The van der Waals surface area contributed by atoms with E-state index in [9.17, 15) is 14.4 Å². The molecule has 6 heteroatoms. The van der Waals surface area contributed by atoms with Gasteiger partial charge in [0.2, 0.25) is 5.91 Å². The number of carboxylic acid groups (broad SMARTS) is 1. The van der Waals surface area contributed by atoms with Crippen molar-refractivity contribution in [3.8, 4) is 0 Å². The van der Waals surface area contributed by atoms with Gasteiger partial charge in [-0.1, -0.05) is 18.2 Å². The topological polar surface area (TPSA) is 95.5 Å². The van der Waals surface area contributed by atoms with E-state index in [1.165, 1.54) is 0 Å². The maximum Gasteiger partial charge on any atom is 0.305 e. The molecular weight excluding hydrogens is 272 g/mol. The second kappa shape index (κ2) is 6.88. The van der Waals surface area contributed by atoms with Gasteiger partial charge in [0.15, 0.2) is 0 Å². The minimum absolute atomic E-state index is 0.196. The van der Waals surface area contributed by atoms with Crippen molar-refractivity contribution in [2.24, 2.45) is 0 Å². The molecule has 114 valence electrons. The molecule has 0 saturated heterocycles. The maximum atomic E-state index is 12.0. The number of benzene rings is 1. The van der Waals surface area contributed by atoms with Crippen LogP contribution in [0.5, 0.6) is 0 Å². The molecule has 0 saturated carbocycles. The molecule has 0 spiro atoms. The summed E-state index contributed by atoms with van der Waals surface area (Å²) in [4.78, 5) is 34.6. The van der Waals surface area contributed by atoms with Gasteiger partial charge in [0.05, 0.1) is 6.42 Å². The second-order valence-electron chi connectivity index (χ2n) is 5.50. The summed E-state index contributed by atoms with van der Waals surface area (Å²) >= 11 is 0. The Morgan fingerprint density at radius 1 is 1.19 bits per heavy atom. The lowest BCUT2D eigenvalue weighted by Crippen LogP contribution is -2.52. The van der Waals surface area contributed by atoms with E-state index in [0.717, 1.165) is 0 Å². The van der Waals surface area contributed by atoms with Crippen LogP contribution in [0, 0.1) is 0 Å². The van der Waals surface area contributed by atoms with E-state index in [0.29, 0.717) is 5.56 Å². The zero-order valence-corrected chi connectivity index (χ0v) is 12.3. The molecule has 0 aliphatic carbocycles. The fraction of sp³-hybridized carbons (Fsp3) is 0.400. The molecule has 1 atom stereocenters. The molecule has 0 aromatic heterocycles. The molecule has 0 bridgehead atoms. The Bertz CT molecular complexity index is 526. The van der Waals surface area contributed by atoms with Crippen molar-refractivity contribution >= 4 is 17.8 Å². The van der Waals surface area contributed by atoms with E-state index in [1.54, 1.807) is 51.1 Å². The average molecular weight is 292 g/mol. The Hall–Kier alpha value is -2.37. The van der Waals surface area contributed by atoms with Crippen LogP contribution in [-0.4, -0.2) is 34.5 Å². The van der Waals surface area contributed by atoms with Gasteiger partial charge in [-0.2, -0.15) is 0 Å². The lowest BCUT2D eigenvalue weighted by molar-refractivity contribution is -0.138. The first-order valence-electron chi connectivity index (χ1n) is 6.61. The summed E-state index contributed by atoms with van der Waals surface area (Å²) in [6, 6.07) is 7.79. The third-order valence-electron chi connectivity index (χ3n) is 2.83. The summed E-state index contributed by atoms with van der Waals surface area (Å²) < 4.78 is 0. The van der Waals surface area contributed by atoms with Crippen molar-refractivity contribution in [3.05, 3.63) is 35.9 Å². The smallest absolute Gasteiger partial charge is 0.305 e. The summed E-state index contributed by atoms with van der Waals surface area (Å²) in [5, 5.41) is 14.0. The molecule has 6 nitrogen and oxygen atoms in total. The predicted octanol–water partition coefficient (Wildman–Crippen LogP) is 1.17. The van der Waals surface area contributed by atoms with Gasteiger partial charge in [-0.15, -0.1) is 0 Å². The van der Waals surface area contributed by atoms with Gasteiger partial charge in [-0.05, 0) is 32.9 Å². The third kappa shape index (κ3) is 5.64. The number of carbonyl (C=O) groups is 3. The largest absolute Gasteiger partial charge is 0.481 e. The van der Waals surface area contributed by atoms with Gasteiger partial charge < -0.3 is 15.7 Å². The highest BCUT2D eigenvalue weighted by Crippen LogP contribution is 2.08. The van der Waals surface area contributed by atoms with Crippen LogP contribution in [0.1, 0.15) is 37.6 Å². The summed E-state index contributed by atoms with van der Waals surface area (Å²) in [6.07, 6.45) is -0.196. The molecule has 0 fully saturated rings. The van der Waals surface area contributed by atoms with E-state index in [2.05, 4.69) is 10.6 Å². The number of aliphatic carboxylic acids is 1. The van der Waals surface area contributed by atoms with Crippen LogP contribution in [0.25, 0.3) is 0 Å². The van der Waals surface area contributed by atoms with Gasteiger partial charge >= 0.3 is 5.97 Å². The first-order valence-corrected chi connectivity index (χ1v) is 6.61. The Balaban J connectivity index is 2.59. The highest BCUT2D eigenvalue weighted by atomic mass is 16.4. The molecule has 1 aromatic carbocycles. The fourth-order valence-electron chi connectivity index (χ4n) is 1.80. The van der Waals surface area contributed by atoms with Crippen LogP contribution in [0.2, 0.25) is 0 Å². The van der Waals surface area contributed by atoms with E-state index in [4.69, 9.17) is 5.11 Å². The Kier molecular flexibility index (Phi) is 5.46. The minimum atomic E-state index is -0.999. The van der Waals surface area contributed by atoms with Crippen LogP contribution in [-0.2, 0) is 9.59 Å². The quantitative estimate of drug-likeness (QED) is 0.733. The highest BCUT2D eigenvalue weighted by Gasteiger charge is 2.26. The van der Waals surface area contributed by atoms with Crippen LogP contribution < -0.4 is 10.6 Å². The third-order valence-corrected chi connectivity index (χ3v) is 2.83. The standard InChI is InChI=1S/C15H20N2O4/c1-10(13(20)17-15(2,3)9-12(18)19)16-14(21)11-7-5-4-6-8-11/h4-8,10H,9H2,1-3H3,(H,16,21)(H,17,20)(H,18,19). The van der Waals surface area contributed by atoms with Crippen molar-refractivity contribution in [1.82, 2.24) is 10.6 Å². The van der Waals surface area contributed by atoms with E-state index in [1.807, 2.05) is 0 Å². The lowest BCUT2D eigenvalue weighted by atomic mass is 10.0. The molecular formula is C15H20N2O4. The minimum Gasteiger partial charge on any atom is -0.481 e.